The quantitative estimate of drug-likeness (QED) is 0.568. The van der Waals surface area contributed by atoms with Crippen LogP contribution in [0.5, 0.6) is 0 Å². The van der Waals surface area contributed by atoms with Gasteiger partial charge in [0.05, 0.1) is 23.3 Å². The van der Waals surface area contributed by atoms with Gasteiger partial charge in [-0.25, -0.2) is 4.79 Å². The number of benzene rings is 2. The highest BCUT2D eigenvalue weighted by molar-refractivity contribution is 7.99. The van der Waals surface area contributed by atoms with Crippen molar-refractivity contribution < 1.29 is 19.1 Å². The molecule has 0 unspecified atom stereocenters. The molecular formula is C21H20N2O4S. The molecule has 0 aliphatic carbocycles. The molecule has 144 valence electrons. The highest BCUT2D eigenvalue weighted by atomic mass is 32.2. The number of carbonyl (C=O) groups is 2. The van der Waals surface area contributed by atoms with Crippen LogP contribution < -0.4 is 5.32 Å². The fourth-order valence-electron chi connectivity index (χ4n) is 2.79. The summed E-state index contributed by atoms with van der Waals surface area (Å²) in [7, 11) is 0. The van der Waals surface area contributed by atoms with Crippen molar-refractivity contribution in [3.8, 4) is 6.07 Å². The van der Waals surface area contributed by atoms with Gasteiger partial charge in [0.25, 0.3) is 5.91 Å². The van der Waals surface area contributed by atoms with Crippen molar-refractivity contribution in [1.29, 1.82) is 5.26 Å². The second kappa shape index (κ2) is 9.93. The monoisotopic (exact) mass is 396 g/mol. The molecule has 28 heavy (non-hydrogen) atoms. The van der Waals surface area contributed by atoms with E-state index in [1.54, 1.807) is 48.2 Å². The Morgan fingerprint density at radius 2 is 2.11 bits per heavy atom. The topological polar surface area (TPSA) is 88.4 Å². The number of thioether (sulfide) groups is 1. The average Bonchev–Trinajstić information content (AvgIpc) is 3.24. The van der Waals surface area contributed by atoms with Crippen LogP contribution in [0.25, 0.3) is 0 Å². The number of hydrogen-bond donors (Lipinski definition) is 1. The van der Waals surface area contributed by atoms with E-state index in [-0.39, 0.29) is 6.10 Å². The van der Waals surface area contributed by atoms with E-state index < -0.39 is 18.5 Å². The van der Waals surface area contributed by atoms with Crippen LogP contribution in [0, 0.1) is 11.3 Å². The summed E-state index contributed by atoms with van der Waals surface area (Å²) in [5.41, 5.74) is 1.35. The van der Waals surface area contributed by atoms with Crippen LogP contribution in [0.2, 0.25) is 0 Å². The first kappa shape index (κ1) is 19.9. The highest BCUT2D eigenvalue weighted by Crippen LogP contribution is 2.27. The molecule has 1 heterocycles. The molecule has 0 spiro atoms. The Hall–Kier alpha value is -2.82. The Balaban J connectivity index is 1.54. The van der Waals surface area contributed by atoms with Crippen LogP contribution >= 0.6 is 11.8 Å². The maximum Gasteiger partial charge on any atom is 0.339 e. The predicted octanol–water partition coefficient (Wildman–Crippen LogP) is 3.62. The Morgan fingerprint density at radius 1 is 1.25 bits per heavy atom. The average molecular weight is 396 g/mol. The van der Waals surface area contributed by atoms with Crippen LogP contribution in [-0.2, 0) is 14.3 Å². The summed E-state index contributed by atoms with van der Waals surface area (Å²) in [6.07, 6.45) is 2.32. The third-order valence-corrected chi connectivity index (χ3v) is 5.37. The lowest BCUT2D eigenvalue weighted by molar-refractivity contribution is -0.119. The van der Waals surface area contributed by atoms with E-state index >= 15 is 0 Å². The van der Waals surface area contributed by atoms with E-state index in [1.165, 1.54) is 0 Å². The molecule has 2 aromatic carbocycles. The van der Waals surface area contributed by atoms with Gasteiger partial charge in [-0.1, -0.05) is 18.2 Å². The van der Waals surface area contributed by atoms with Gasteiger partial charge >= 0.3 is 5.97 Å². The summed E-state index contributed by atoms with van der Waals surface area (Å²) in [5.74, 6) is -0.232. The summed E-state index contributed by atoms with van der Waals surface area (Å²) < 4.78 is 10.8. The highest BCUT2D eigenvalue weighted by Gasteiger charge is 2.19. The zero-order valence-electron chi connectivity index (χ0n) is 15.2. The molecular weight excluding hydrogens is 376 g/mol. The molecule has 1 atom stereocenters. The number of rotatable bonds is 7. The third-order valence-electron chi connectivity index (χ3n) is 4.17. The number of nitriles is 1. The fourth-order valence-corrected chi connectivity index (χ4v) is 3.90. The van der Waals surface area contributed by atoms with Crippen molar-refractivity contribution in [1.82, 2.24) is 0 Å². The Kier molecular flexibility index (Phi) is 7.06. The van der Waals surface area contributed by atoms with Crippen LogP contribution in [0.3, 0.4) is 0 Å². The molecule has 0 radical (unpaired) electrons. The largest absolute Gasteiger partial charge is 0.452 e. The summed E-state index contributed by atoms with van der Waals surface area (Å²) in [6.45, 7) is 0.391. The number of amides is 1. The summed E-state index contributed by atoms with van der Waals surface area (Å²) in [5, 5.41) is 11.5. The predicted molar refractivity (Wildman–Crippen MR) is 106 cm³/mol. The van der Waals surface area contributed by atoms with Crippen molar-refractivity contribution in [2.45, 2.75) is 23.8 Å². The van der Waals surface area contributed by atoms with Crippen molar-refractivity contribution in [2.24, 2.45) is 0 Å². The molecule has 0 saturated carbocycles. The van der Waals surface area contributed by atoms with Gasteiger partial charge in [0.15, 0.2) is 6.61 Å². The molecule has 2 aromatic rings. The smallest absolute Gasteiger partial charge is 0.339 e. The molecule has 1 fully saturated rings. The number of carbonyl (C=O) groups excluding carboxylic acids is 2. The van der Waals surface area contributed by atoms with Crippen LogP contribution in [0.1, 0.15) is 28.8 Å². The number of hydrogen-bond acceptors (Lipinski definition) is 6. The molecule has 1 amide bonds. The van der Waals surface area contributed by atoms with Crippen molar-refractivity contribution in [2.75, 3.05) is 24.3 Å². The van der Waals surface area contributed by atoms with Gasteiger partial charge in [-0.2, -0.15) is 5.26 Å². The molecule has 0 aromatic heterocycles. The van der Waals surface area contributed by atoms with E-state index in [2.05, 4.69) is 5.32 Å². The third kappa shape index (κ3) is 5.59. The van der Waals surface area contributed by atoms with Crippen LogP contribution in [0.4, 0.5) is 5.69 Å². The van der Waals surface area contributed by atoms with Crippen LogP contribution in [-0.4, -0.2) is 36.9 Å². The number of esters is 1. The molecule has 1 aliphatic rings. The zero-order valence-corrected chi connectivity index (χ0v) is 16.0. The van der Waals surface area contributed by atoms with Gasteiger partial charge in [0, 0.05) is 22.9 Å². The first-order valence-corrected chi connectivity index (χ1v) is 9.95. The molecule has 1 aliphatic heterocycles. The lowest BCUT2D eigenvalue weighted by atomic mass is 10.2. The summed E-state index contributed by atoms with van der Waals surface area (Å²) >= 11 is 1.56. The van der Waals surface area contributed by atoms with E-state index in [1.807, 2.05) is 18.2 Å². The number of ether oxygens (including phenoxy) is 2. The van der Waals surface area contributed by atoms with Crippen molar-refractivity contribution >= 4 is 29.3 Å². The maximum absolute atomic E-state index is 12.4. The molecule has 1 saturated heterocycles. The molecule has 7 heteroatoms. The van der Waals surface area contributed by atoms with Gasteiger partial charge in [0.1, 0.15) is 0 Å². The fraction of sp³-hybridized carbons (Fsp3) is 0.286. The molecule has 3 rings (SSSR count). The van der Waals surface area contributed by atoms with Crippen molar-refractivity contribution in [3.05, 3.63) is 59.7 Å². The minimum absolute atomic E-state index is 0.212. The van der Waals surface area contributed by atoms with E-state index in [4.69, 9.17) is 14.7 Å². The minimum Gasteiger partial charge on any atom is -0.452 e. The van der Waals surface area contributed by atoms with Gasteiger partial charge in [-0.3, -0.25) is 4.79 Å². The second-order valence-electron chi connectivity index (χ2n) is 6.26. The first-order chi connectivity index (χ1) is 13.7. The Morgan fingerprint density at radius 3 is 2.89 bits per heavy atom. The van der Waals surface area contributed by atoms with E-state index in [0.717, 1.165) is 30.1 Å². The van der Waals surface area contributed by atoms with E-state index in [9.17, 15) is 9.59 Å². The lowest BCUT2D eigenvalue weighted by Crippen LogP contribution is -2.21. The maximum atomic E-state index is 12.4. The first-order valence-electron chi connectivity index (χ1n) is 8.96. The van der Waals surface area contributed by atoms with Crippen LogP contribution in [0.15, 0.2) is 53.4 Å². The number of nitrogens with one attached hydrogen (secondary N) is 1. The Bertz CT molecular complexity index is 888. The molecule has 6 nitrogen and oxygen atoms in total. The summed E-state index contributed by atoms with van der Waals surface area (Å²) in [4.78, 5) is 25.3. The minimum atomic E-state index is -0.545. The molecule has 1 N–H and O–H groups in total. The van der Waals surface area contributed by atoms with Gasteiger partial charge < -0.3 is 14.8 Å². The SMILES string of the molecule is N#Cc1cccc(NC(=O)COC(=O)c2ccccc2SC[C@H]2CCCO2)c1. The van der Waals surface area contributed by atoms with Crippen molar-refractivity contribution in [3.63, 3.8) is 0 Å². The number of nitrogens with zero attached hydrogens (tertiary/aromatic N) is 1. The number of anilines is 1. The van der Waals surface area contributed by atoms with Gasteiger partial charge in [0.2, 0.25) is 0 Å². The lowest BCUT2D eigenvalue weighted by Gasteiger charge is -2.12. The second-order valence-corrected chi connectivity index (χ2v) is 7.32. The van der Waals surface area contributed by atoms with Gasteiger partial charge in [-0.05, 0) is 43.2 Å². The van der Waals surface area contributed by atoms with Gasteiger partial charge in [-0.15, -0.1) is 11.8 Å². The normalized spacial score (nSPS) is 15.6. The van der Waals surface area contributed by atoms with E-state index in [0.29, 0.717) is 16.8 Å². The standard InChI is InChI=1S/C21H20N2O4S/c22-12-15-5-3-6-16(11-15)23-20(24)13-27-21(25)18-8-1-2-9-19(18)28-14-17-7-4-10-26-17/h1-3,5-6,8-9,11,17H,4,7,10,13-14H2,(H,23,24)/t17-/m1/s1. The summed E-state index contributed by atoms with van der Waals surface area (Å²) in [6, 6.07) is 15.7. The zero-order chi connectivity index (χ0) is 19.8. The Labute approximate surface area is 167 Å². The molecule has 0 bridgehead atoms.